The van der Waals surface area contributed by atoms with E-state index in [4.69, 9.17) is 0 Å². The van der Waals surface area contributed by atoms with Gasteiger partial charge in [0, 0.05) is 67.8 Å². The van der Waals surface area contributed by atoms with Gasteiger partial charge in [-0.15, -0.1) is 22.7 Å². The Bertz CT molecular complexity index is 2420. The van der Waals surface area contributed by atoms with E-state index in [1.54, 1.807) is 22.7 Å². The van der Waals surface area contributed by atoms with Crippen LogP contribution in [-0.2, 0) is 0 Å². The second-order valence-electron chi connectivity index (χ2n) is 11.5. The van der Waals surface area contributed by atoms with Crippen LogP contribution >= 0.6 is 22.7 Å². The van der Waals surface area contributed by atoms with Crippen LogP contribution in [0.5, 0.6) is 0 Å². The zero-order valence-corrected chi connectivity index (χ0v) is 27.4. The number of nitrogens with zero attached hydrogens (tertiary/aromatic N) is 4. The van der Waals surface area contributed by atoms with Crippen LogP contribution in [0.1, 0.15) is 0 Å². The zero-order valence-electron chi connectivity index (χ0n) is 25.8. The molecule has 0 fully saturated rings. The summed E-state index contributed by atoms with van der Waals surface area (Å²) >= 11 is 3.54. The van der Waals surface area contributed by atoms with Crippen molar-refractivity contribution in [3.63, 3.8) is 0 Å². The van der Waals surface area contributed by atoms with E-state index in [0.717, 1.165) is 32.5 Å². The topological polar surface area (TPSA) is 34.0 Å². The van der Waals surface area contributed by atoms with Gasteiger partial charge in [-0.05, 0) is 83.9 Å². The quantitative estimate of drug-likeness (QED) is 0.172. The number of anilines is 3. The number of fused-ring (bicyclic) bond motifs is 3. The average Bonchev–Trinajstić information content (AvgIpc) is 3.92. The van der Waals surface area contributed by atoms with Crippen LogP contribution in [0.2, 0.25) is 0 Å². The highest BCUT2D eigenvalue weighted by atomic mass is 32.1. The van der Waals surface area contributed by atoms with E-state index in [1.807, 2.05) is 36.9 Å². The molecule has 9 rings (SSSR count). The van der Waals surface area contributed by atoms with E-state index in [1.165, 1.54) is 42.7 Å². The Kier molecular flexibility index (Phi) is 7.15. The lowest BCUT2D eigenvalue weighted by Gasteiger charge is -2.22. The van der Waals surface area contributed by atoms with Gasteiger partial charge in [-0.3, -0.25) is 14.9 Å². The maximum atomic E-state index is 4.35. The standard InChI is InChI=1S/C42H28N4S2/c1-2-11-32(12-3-1)45-36-15-5-4-13-35(36)42-34(14-6-16-37(42)45)29-17-19-33(20-18-29)46(40-23-21-38(47-40)30-9-7-25-43-27-30)41-24-22-39(48-41)31-10-8-26-44-28-31/h1-28H. The van der Waals surface area contributed by atoms with E-state index in [-0.39, 0.29) is 0 Å². The first-order valence-electron chi connectivity index (χ1n) is 15.8. The molecule has 0 bridgehead atoms. The molecule has 9 aromatic rings. The van der Waals surface area contributed by atoms with E-state index in [9.17, 15) is 0 Å². The minimum absolute atomic E-state index is 1.11. The molecule has 0 N–H and O–H groups in total. The van der Waals surface area contributed by atoms with Crippen LogP contribution in [0, 0.1) is 0 Å². The lowest BCUT2D eigenvalue weighted by Crippen LogP contribution is -2.06. The van der Waals surface area contributed by atoms with Crippen molar-refractivity contribution in [2.24, 2.45) is 0 Å². The van der Waals surface area contributed by atoms with Crippen molar-refractivity contribution in [3.8, 4) is 37.7 Å². The number of thiophene rings is 2. The smallest absolute Gasteiger partial charge is 0.101 e. The van der Waals surface area contributed by atoms with Gasteiger partial charge in [-0.25, -0.2) is 0 Å². The summed E-state index contributed by atoms with van der Waals surface area (Å²) in [7, 11) is 0. The number of aromatic nitrogens is 3. The lowest BCUT2D eigenvalue weighted by atomic mass is 9.99. The molecule has 0 aliphatic heterocycles. The molecule has 4 aromatic carbocycles. The summed E-state index contributed by atoms with van der Waals surface area (Å²) < 4.78 is 2.37. The maximum Gasteiger partial charge on any atom is 0.101 e. The van der Waals surface area contributed by atoms with Crippen LogP contribution < -0.4 is 4.90 Å². The van der Waals surface area contributed by atoms with E-state index >= 15 is 0 Å². The summed E-state index contributed by atoms with van der Waals surface area (Å²) in [5.41, 5.74) is 9.33. The first-order valence-corrected chi connectivity index (χ1v) is 17.4. The number of benzene rings is 4. The van der Waals surface area contributed by atoms with Gasteiger partial charge in [0.15, 0.2) is 0 Å². The molecule has 0 aliphatic rings. The predicted octanol–water partition coefficient (Wildman–Crippen LogP) is 12.2. The van der Waals surface area contributed by atoms with Crippen LogP contribution in [0.15, 0.2) is 170 Å². The van der Waals surface area contributed by atoms with Gasteiger partial charge < -0.3 is 4.57 Å². The third kappa shape index (κ3) is 4.99. The Morgan fingerprint density at radius 2 is 1.10 bits per heavy atom. The maximum absolute atomic E-state index is 4.35. The minimum atomic E-state index is 1.11. The molecular formula is C42H28N4S2. The second kappa shape index (κ2) is 12.1. The molecule has 0 saturated heterocycles. The lowest BCUT2D eigenvalue weighted by molar-refractivity contribution is 1.18. The van der Waals surface area contributed by atoms with Crippen molar-refractivity contribution in [3.05, 3.63) is 170 Å². The first-order chi connectivity index (χ1) is 23.8. The van der Waals surface area contributed by atoms with Crippen LogP contribution in [0.4, 0.5) is 15.7 Å². The van der Waals surface area contributed by atoms with Crippen LogP contribution in [0.3, 0.4) is 0 Å². The van der Waals surface area contributed by atoms with Crippen LogP contribution in [0.25, 0.3) is 59.5 Å². The normalized spacial score (nSPS) is 11.3. The third-order valence-electron chi connectivity index (χ3n) is 8.67. The Labute approximate surface area is 286 Å². The fourth-order valence-corrected chi connectivity index (χ4v) is 8.61. The molecule has 5 aromatic heterocycles. The molecule has 4 nitrogen and oxygen atoms in total. The molecule has 48 heavy (non-hydrogen) atoms. The number of rotatable bonds is 7. The van der Waals surface area contributed by atoms with Crippen molar-refractivity contribution >= 4 is 60.2 Å². The summed E-state index contributed by atoms with van der Waals surface area (Å²) in [6.45, 7) is 0. The number of para-hydroxylation sites is 2. The fraction of sp³-hybridized carbons (Fsp3) is 0. The largest absolute Gasteiger partial charge is 0.309 e. The Morgan fingerprint density at radius 1 is 0.479 bits per heavy atom. The molecule has 0 aliphatic carbocycles. The average molecular weight is 653 g/mol. The predicted molar refractivity (Wildman–Crippen MR) is 203 cm³/mol. The van der Waals surface area contributed by atoms with Crippen LogP contribution in [-0.4, -0.2) is 14.5 Å². The van der Waals surface area contributed by atoms with Gasteiger partial charge in [0.05, 0.1) is 11.0 Å². The molecule has 0 amide bonds. The van der Waals surface area contributed by atoms with E-state index in [2.05, 4.69) is 153 Å². The van der Waals surface area contributed by atoms with Gasteiger partial charge >= 0.3 is 0 Å². The van der Waals surface area contributed by atoms with Gasteiger partial charge in [0.25, 0.3) is 0 Å². The van der Waals surface area contributed by atoms with E-state index in [0.29, 0.717) is 0 Å². The first kappa shape index (κ1) is 28.4. The molecule has 6 heteroatoms. The Hall–Kier alpha value is -5.82. The fourth-order valence-electron chi connectivity index (χ4n) is 6.49. The monoisotopic (exact) mass is 652 g/mol. The van der Waals surface area contributed by atoms with Crippen molar-refractivity contribution in [1.82, 2.24) is 14.5 Å². The van der Waals surface area contributed by atoms with Crippen molar-refractivity contribution < 1.29 is 0 Å². The summed E-state index contributed by atoms with van der Waals surface area (Å²) in [5.74, 6) is 0. The SMILES string of the molecule is c1ccc(-n2c3ccccc3c3c(-c4ccc(N(c5ccc(-c6cccnc6)s5)c5ccc(-c6cccnc6)s5)cc4)cccc32)cc1. The molecule has 228 valence electrons. The molecule has 0 unspecified atom stereocenters. The molecule has 0 radical (unpaired) electrons. The van der Waals surface area contributed by atoms with Gasteiger partial charge in [0.1, 0.15) is 10.0 Å². The summed E-state index contributed by atoms with van der Waals surface area (Å²) in [5, 5.41) is 4.81. The molecule has 0 atom stereocenters. The molecule has 0 saturated carbocycles. The molecule has 5 heterocycles. The Balaban J connectivity index is 1.16. The van der Waals surface area contributed by atoms with Crippen molar-refractivity contribution in [1.29, 1.82) is 0 Å². The van der Waals surface area contributed by atoms with Crippen molar-refractivity contribution in [2.45, 2.75) is 0 Å². The molecule has 0 spiro atoms. The minimum Gasteiger partial charge on any atom is -0.309 e. The summed E-state index contributed by atoms with van der Waals surface area (Å²) in [4.78, 5) is 13.4. The van der Waals surface area contributed by atoms with E-state index < -0.39 is 0 Å². The van der Waals surface area contributed by atoms with Gasteiger partial charge in [0.2, 0.25) is 0 Å². The van der Waals surface area contributed by atoms with Crippen molar-refractivity contribution in [2.75, 3.05) is 4.90 Å². The van der Waals surface area contributed by atoms with Gasteiger partial charge in [-0.2, -0.15) is 0 Å². The molecular weight excluding hydrogens is 625 g/mol. The third-order valence-corrected chi connectivity index (χ3v) is 10.9. The Morgan fingerprint density at radius 3 is 1.75 bits per heavy atom. The second-order valence-corrected chi connectivity index (χ2v) is 13.7. The highest BCUT2D eigenvalue weighted by molar-refractivity contribution is 7.21. The highest BCUT2D eigenvalue weighted by Crippen LogP contribution is 2.46. The summed E-state index contributed by atoms with van der Waals surface area (Å²) in [6.07, 6.45) is 7.49. The summed E-state index contributed by atoms with van der Waals surface area (Å²) in [6, 6.07) is 52.0. The van der Waals surface area contributed by atoms with Gasteiger partial charge in [-0.1, -0.05) is 72.8 Å². The highest BCUT2D eigenvalue weighted by Gasteiger charge is 2.20. The number of hydrogen-bond acceptors (Lipinski definition) is 5. The number of hydrogen-bond donors (Lipinski definition) is 0. The zero-order chi connectivity index (χ0) is 31.9. The number of pyridine rings is 2.